The maximum Gasteiger partial charge on any atom is 0.307 e. The molecule has 5 nitrogen and oxygen atoms in total. The minimum absolute atomic E-state index is 0.158. The molecule has 9 heteroatoms. The Morgan fingerprint density at radius 3 is 2.52 bits per heavy atom. The van der Waals surface area contributed by atoms with Gasteiger partial charge >= 0.3 is 5.97 Å². The summed E-state index contributed by atoms with van der Waals surface area (Å²) < 4.78 is 4.91. The Morgan fingerprint density at radius 1 is 1.12 bits per heavy atom. The van der Waals surface area contributed by atoms with Crippen LogP contribution in [0.25, 0.3) is 0 Å². The second-order valence-electron chi connectivity index (χ2n) is 4.75. The van der Waals surface area contributed by atoms with Crippen LogP contribution in [0, 0.1) is 0 Å². The molecule has 132 valence electrons. The number of nitrogens with zero attached hydrogens (tertiary/aromatic N) is 1. The van der Waals surface area contributed by atoms with Gasteiger partial charge in [-0.05, 0) is 30.3 Å². The SMILES string of the molecule is O=C(COC(=O)CCSc1ccc(Cl)cc1)Nc1ncc(Cl)cc1Cl. The van der Waals surface area contributed by atoms with Crippen molar-refractivity contribution in [3.05, 3.63) is 51.6 Å². The quantitative estimate of drug-likeness (QED) is 0.520. The Morgan fingerprint density at radius 2 is 1.84 bits per heavy atom. The molecular formula is C16H13Cl3N2O3S. The smallest absolute Gasteiger partial charge is 0.307 e. The first kappa shape index (κ1) is 19.8. The van der Waals surface area contributed by atoms with E-state index in [2.05, 4.69) is 10.3 Å². The fourth-order valence-electron chi connectivity index (χ4n) is 1.68. The van der Waals surface area contributed by atoms with Crippen LogP contribution >= 0.6 is 46.6 Å². The van der Waals surface area contributed by atoms with Gasteiger partial charge in [0, 0.05) is 21.9 Å². The summed E-state index contributed by atoms with van der Waals surface area (Å²) in [5, 5.41) is 3.66. The van der Waals surface area contributed by atoms with Crippen LogP contribution in [0.4, 0.5) is 5.82 Å². The molecule has 0 aliphatic heterocycles. The van der Waals surface area contributed by atoms with Crippen LogP contribution in [0.15, 0.2) is 41.4 Å². The molecule has 0 spiro atoms. The van der Waals surface area contributed by atoms with Gasteiger partial charge in [0.2, 0.25) is 0 Å². The highest BCUT2D eigenvalue weighted by molar-refractivity contribution is 7.99. The zero-order valence-electron chi connectivity index (χ0n) is 12.8. The lowest BCUT2D eigenvalue weighted by atomic mass is 10.4. The molecule has 2 rings (SSSR count). The average molecular weight is 420 g/mol. The van der Waals surface area contributed by atoms with E-state index < -0.39 is 18.5 Å². The number of halogens is 3. The highest BCUT2D eigenvalue weighted by Gasteiger charge is 2.11. The van der Waals surface area contributed by atoms with Crippen molar-refractivity contribution in [3.63, 3.8) is 0 Å². The summed E-state index contributed by atoms with van der Waals surface area (Å²) in [4.78, 5) is 28.3. The van der Waals surface area contributed by atoms with Gasteiger partial charge in [-0.1, -0.05) is 34.8 Å². The summed E-state index contributed by atoms with van der Waals surface area (Å²) in [7, 11) is 0. The van der Waals surface area contributed by atoms with Crippen molar-refractivity contribution in [2.24, 2.45) is 0 Å². The van der Waals surface area contributed by atoms with Gasteiger partial charge < -0.3 is 10.1 Å². The van der Waals surface area contributed by atoms with Gasteiger partial charge in [-0.2, -0.15) is 0 Å². The van der Waals surface area contributed by atoms with E-state index in [0.717, 1.165) is 4.90 Å². The first-order valence-electron chi connectivity index (χ1n) is 7.09. The van der Waals surface area contributed by atoms with Crippen molar-refractivity contribution in [1.29, 1.82) is 0 Å². The first-order valence-corrected chi connectivity index (χ1v) is 9.21. The number of ether oxygens (including phenoxy) is 1. The monoisotopic (exact) mass is 418 g/mol. The van der Waals surface area contributed by atoms with Crippen molar-refractivity contribution in [1.82, 2.24) is 4.98 Å². The number of aromatic nitrogens is 1. The largest absolute Gasteiger partial charge is 0.456 e. The van der Waals surface area contributed by atoms with Crippen molar-refractivity contribution >= 4 is 64.3 Å². The highest BCUT2D eigenvalue weighted by Crippen LogP contribution is 2.22. The van der Waals surface area contributed by atoms with Crippen LogP contribution in [-0.4, -0.2) is 29.2 Å². The van der Waals surface area contributed by atoms with E-state index in [1.54, 1.807) is 12.1 Å². The van der Waals surface area contributed by atoms with Crippen molar-refractivity contribution in [2.45, 2.75) is 11.3 Å². The van der Waals surface area contributed by atoms with Gasteiger partial charge in [0.05, 0.1) is 16.5 Å². The average Bonchev–Trinajstić information content (AvgIpc) is 2.57. The van der Waals surface area contributed by atoms with E-state index in [9.17, 15) is 9.59 Å². The predicted octanol–water partition coefficient (Wildman–Crippen LogP) is 4.71. The number of hydrogen-bond donors (Lipinski definition) is 1. The molecular weight excluding hydrogens is 407 g/mol. The van der Waals surface area contributed by atoms with Crippen molar-refractivity contribution < 1.29 is 14.3 Å². The zero-order valence-corrected chi connectivity index (χ0v) is 15.9. The Labute approximate surface area is 164 Å². The molecule has 0 saturated heterocycles. The zero-order chi connectivity index (χ0) is 18.2. The molecule has 2 aromatic rings. The summed E-state index contributed by atoms with van der Waals surface area (Å²) in [6.07, 6.45) is 1.53. The van der Waals surface area contributed by atoms with Gasteiger partial charge in [0.1, 0.15) is 0 Å². The molecule has 25 heavy (non-hydrogen) atoms. The molecule has 1 heterocycles. The number of esters is 1. The fourth-order valence-corrected chi connectivity index (χ4v) is 3.06. The second-order valence-corrected chi connectivity index (χ2v) is 7.19. The maximum atomic E-state index is 11.7. The third-order valence-electron chi connectivity index (χ3n) is 2.82. The number of benzene rings is 1. The van der Waals surface area contributed by atoms with Gasteiger partial charge in [0.25, 0.3) is 5.91 Å². The molecule has 0 aliphatic carbocycles. The predicted molar refractivity (Wildman–Crippen MR) is 101 cm³/mol. The molecule has 1 aromatic carbocycles. The summed E-state index contributed by atoms with van der Waals surface area (Å²) in [6, 6.07) is 8.75. The van der Waals surface area contributed by atoms with E-state index >= 15 is 0 Å². The Hall–Kier alpha value is -1.47. The van der Waals surface area contributed by atoms with Crippen LogP contribution in [0.2, 0.25) is 15.1 Å². The minimum Gasteiger partial charge on any atom is -0.456 e. The lowest BCUT2D eigenvalue weighted by Crippen LogP contribution is -2.21. The van der Waals surface area contributed by atoms with Crippen LogP contribution < -0.4 is 5.32 Å². The lowest BCUT2D eigenvalue weighted by Gasteiger charge is -2.07. The van der Waals surface area contributed by atoms with Crippen molar-refractivity contribution in [2.75, 3.05) is 17.7 Å². The number of carbonyl (C=O) groups excluding carboxylic acids is 2. The molecule has 0 aliphatic rings. The number of amides is 1. The number of nitrogens with one attached hydrogen (secondary N) is 1. The van der Waals surface area contributed by atoms with Crippen LogP contribution in [0.1, 0.15) is 6.42 Å². The highest BCUT2D eigenvalue weighted by atomic mass is 35.5. The molecule has 1 N–H and O–H groups in total. The standard InChI is InChI=1S/C16H13Cl3N2O3S/c17-10-1-3-12(4-2-10)25-6-5-15(23)24-9-14(22)21-16-13(19)7-11(18)8-20-16/h1-4,7-8H,5-6,9H2,(H,20,21,22). The van der Waals surface area contributed by atoms with Gasteiger partial charge in [-0.3, -0.25) is 9.59 Å². The normalized spacial score (nSPS) is 10.4. The minimum atomic E-state index is -0.532. The third-order valence-corrected chi connectivity index (χ3v) is 4.58. The number of anilines is 1. The summed E-state index contributed by atoms with van der Waals surface area (Å²) in [5.74, 6) is -0.306. The van der Waals surface area contributed by atoms with E-state index in [4.69, 9.17) is 39.5 Å². The van der Waals surface area contributed by atoms with Crippen LogP contribution in [0.3, 0.4) is 0 Å². The molecule has 0 fully saturated rings. The van der Waals surface area contributed by atoms with Crippen molar-refractivity contribution in [3.8, 4) is 0 Å². The molecule has 0 bridgehead atoms. The molecule has 0 atom stereocenters. The Balaban J connectivity index is 1.68. The Kier molecular flexibility index (Phi) is 7.84. The van der Waals surface area contributed by atoms with E-state index in [1.807, 2.05) is 12.1 Å². The van der Waals surface area contributed by atoms with E-state index in [1.165, 1.54) is 24.0 Å². The van der Waals surface area contributed by atoms with Crippen LogP contribution in [-0.2, 0) is 14.3 Å². The van der Waals surface area contributed by atoms with Gasteiger partial charge in [-0.15, -0.1) is 11.8 Å². The molecule has 1 aromatic heterocycles. The number of rotatable bonds is 7. The van der Waals surface area contributed by atoms with E-state index in [-0.39, 0.29) is 17.3 Å². The van der Waals surface area contributed by atoms with E-state index in [0.29, 0.717) is 15.8 Å². The van der Waals surface area contributed by atoms with Gasteiger partial charge in [-0.25, -0.2) is 4.98 Å². The molecule has 0 unspecified atom stereocenters. The summed E-state index contributed by atoms with van der Waals surface area (Å²) in [6.45, 7) is -0.412. The number of carbonyl (C=O) groups is 2. The molecule has 1 amide bonds. The second kappa shape index (κ2) is 9.87. The van der Waals surface area contributed by atoms with Gasteiger partial charge in [0.15, 0.2) is 12.4 Å². The molecule has 0 saturated carbocycles. The number of pyridine rings is 1. The first-order chi connectivity index (χ1) is 11.9. The topological polar surface area (TPSA) is 68.3 Å². The summed E-state index contributed by atoms with van der Waals surface area (Å²) in [5.41, 5.74) is 0. The molecule has 0 radical (unpaired) electrons. The lowest BCUT2D eigenvalue weighted by molar-refractivity contribution is -0.146. The summed E-state index contributed by atoms with van der Waals surface area (Å²) >= 11 is 18.9. The third kappa shape index (κ3) is 7.12. The fraction of sp³-hybridized carbons (Fsp3) is 0.188. The number of hydrogen-bond acceptors (Lipinski definition) is 5. The Bertz CT molecular complexity index is 757. The maximum absolute atomic E-state index is 11.7. The van der Waals surface area contributed by atoms with Crippen LogP contribution in [0.5, 0.6) is 0 Å². The number of thioether (sulfide) groups is 1.